The van der Waals surface area contributed by atoms with E-state index in [-0.39, 0.29) is 0 Å². The Labute approximate surface area is 43.7 Å². The summed E-state index contributed by atoms with van der Waals surface area (Å²) in [6.45, 7) is 0.684. The van der Waals surface area contributed by atoms with Crippen LogP contribution in [0, 0.1) is 0 Å². The first-order valence-electron chi connectivity index (χ1n) is 1.93. The van der Waals surface area contributed by atoms with Gasteiger partial charge in [-0.05, 0) is 11.1 Å². The standard InChI is InChI=1S/C3H5NO2S/c5-7(6)3-1-2-4-3/h1-2H2,(H,5,6)/p-1. The Hall–Kier alpha value is -0.220. The maximum absolute atomic E-state index is 9.85. The molecule has 1 rings (SSSR count). The van der Waals surface area contributed by atoms with Crippen molar-refractivity contribution >= 4 is 16.1 Å². The Kier molecular flexibility index (Phi) is 1.21. The first-order chi connectivity index (χ1) is 3.30. The Balaban J connectivity index is 2.57. The molecule has 0 spiro atoms. The van der Waals surface area contributed by atoms with E-state index >= 15 is 0 Å². The van der Waals surface area contributed by atoms with Crippen LogP contribution in [0.3, 0.4) is 0 Å². The fraction of sp³-hybridized carbons (Fsp3) is 0.667. The van der Waals surface area contributed by atoms with Crippen LogP contribution in [0.1, 0.15) is 6.42 Å². The second-order valence-electron chi connectivity index (χ2n) is 1.26. The van der Waals surface area contributed by atoms with Crippen molar-refractivity contribution in [2.45, 2.75) is 6.42 Å². The molecule has 0 saturated heterocycles. The predicted molar refractivity (Wildman–Crippen MR) is 25.8 cm³/mol. The first-order valence-corrected chi connectivity index (χ1v) is 3.01. The van der Waals surface area contributed by atoms with Crippen LogP contribution in [0.15, 0.2) is 4.99 Å². The van der Waals surface area contributed by atoms with Crippen molar-refractivity contribution < 1.29 is 8.76 Å². The topological polar surface area (TPSA) is 52.5 Å². The van der Waals surface area contributed by atoms with Crippen LogP contribution < -0.4 is 0 Å². The second-order valence-corrected chi connectivity index (χ2v) is 2.20. The zero-order chi connectivity index (χ0) is 5.28. The molecule has 0 aromatic carbocycles. The average molecular weight is 118 g/mol. The van der Waals surface area contributed by atoms with E-state index in [1.54, 1.807) is 0 Å². The quantitative estimate of drug-likeness (QED) is 0.409. The van der Waals surface area contributed by atoms with Gasteiger partial charge in [0.25, 0.3) is 0 Å². The van der Waals surface area contributed by atoms with Crippen molar-refractivity contribution in [1.29, 1.82) is 0 Å². The summed E-state index contributed by atoms with van der Waals surface area (Å²) in [5, 5.41) is 0.319. The molecule has 0 radical (unpaired) electrons. The van der Waals surface area contributed by atoms with Gasteiger partial charge in [-0.2, -0.15) is 0 Å². The molecule has 0 fully saturated rings. The number of rotatable bonds is 0. The van der Waals surface area contributed by atoms with Crippen molar-refractivity contribution in [3.8, 4) is 0 Å². The van der Waals surface area contributed by atoms with E-state index in [1.807, 2.05) is 0 Å². The van der Waals surface area contributed by atoms with Crippen LogP contribution in [-0.2, 0) is 11.1 Å². The summed E-state index contributed by atoms with van der Waals surface area (Å²) >= 11 is -2.02. The van der Waals surface area contributed by atoms with Gasteiger partial charge in [-0.15, -0.1) is 0 Å². The molecule has 40 valence electrons. The lowest BCUT2D eigenvalue weighted by Crippen LogP contribution is -2.16. The van der Waals surface area contributed by atoms with Gasteiger partial charge in [0.15, 0.2) is 0 Å². The molecule has 3 nitrogen and oxygen atoms in total. The van der Waals surface area contributed by atoms with Gasteiger partial charge in [-0.25, -0.2) is 0 Å². The molecular formula is C3H4NO2S-. The van der Waals surface area contributed by atoms with E-state index in [0.29, 0.717) is 18.0 Å². The Morgan fingerprint density at radius 1 is 1.86 bits per heavy atom. The minimum atomic E-state index is -2.02. The average Bonchev–Trinajstić information content (AvgIpc) is 1.23. The molecule has 0 saturated carbocycles. The number of nitrogens with zero attached hydrogens (tertiary/aromatic N) is 1. The molecule has 0 aromatic rings. The number of aliphatic imine (C=N–C) groups is 1. The van der Waals surface area contributed by atoms with Crippen LogP contribution in [0.2, 0.25) is 0 Å². The highest BCUT2D eigenvalue weighted by atomic mass is 32.2. The lowest BCUT2D eigenvalue weighted by molar-refractivity contribution is 0.547. The van der Waals surface area contributed by atoms with Crippen LogP contribution in [-0.4, -0.2) is 20.4 Å². The van der Waals surface area contributed by atoms with Gasteiger partial charge in [0, 0.05) is 13.0 Å². The second kappa shape index (κ2) is 1.71. The molecule has 1 aliphatic rings. The van der Waals surface area contributed by atoms with Crippen LogP contribution in [0.5, 0.6) is 0 Å². The lowest BCUT2D eigenvalue weighted by atomic mass is 10.4. The molecule has 0 aromatic heterocycles. The smallest absolute Gasteiger partial charge is 0.0865 e. The highest BCUT2D eigenvalue weighted by Crippen LogP contribution is 2.01. The van der Waals surface area contributed by atoms with Gasteiger partial charge < -0.3 is 4.55 Å². The molecule has 0 amide bonds. The molecule has 1 aliphatic heterocycles. The van der Waals surface area contributed by atoms with Crippen molar-refractivity contribution in [3.63, 3.8) is 0 Å². The minimum Gasteiger partial charge on any atom is -0.767 e. The van der Waals surface area contributed by atoms with E-state index < -0.39 is 11.1 Å². The van der Waals surface area contributed by atoms with Crippen molar-refractivity contribution in [3.05, 3.63) is 0 Å². The summed E-state index contributed by atoms with van der Waals surface area (Å²) in [5.41, 5.74) is 0. The first kappa shape index (κ1) is 4.93. The molecule has 4 heteroatoms. The zero-order valence-corrected chi connectivity index (χ0v) is 4.40. The highest BCUT2D eigenvalue weighted by Gasteiger charge is 2.05. The van der Waals surface area contributed by atoms with E-state index in [1.165, 1.54) is 0 Å². The fourth-order valence-corrected chi connectivity index (χ4v) is 0.794. The monoisotopic (exact) mass is 118 g/mol. The summed E-state index contributed by atoms with van der Waals surface area (Å²) in [6.07, 6.45) is 0.635. The third-order valence-electron chi connectivity index (χ3n) is 0.806. The summed E-state index contributed by atoms with van der Waals surface area (Å²) in [7, 11) is 0. The Morgan fingerprint density at radius 2 is 2.43 bits per heavy atom. The highest BCUT2D eigenvalue weighted by molar-refractivity contribution is 7.95. The molecule has 1 unspecified atom stereocenters. The third-order valence-corrected chi connectivity index (χ3v) is 1.52. The van der Waals surface area contributed by atoms with Gasteiger partial charge in [0.2, 0.25) is 0 Å². The molecule has 0 aliphatic carbocycles. The van der Waals surface area contributed by atoms with Crippen molar-refractivity contribution in [1.82, 2.24) is 0 Å². The van der Waals surface area contributed by atoms with Gasteiger partial charge in [-0.3, -0.25) is 9.20 Å². The van der Waals surface area contributed by atoms with Gasteiger partial charge >= 0.3 is 0 Å². The molecule has 0 bridgehead atoms. The van der Waals surface area contributed by atoms with Gasteiger partial charge in [-0.1, -0.05) is 0 Å². The summed E-state index contributed by atoms with van der Waals surface area (Å²) in [4.78, 5) is 3.57. The molecule has 0 N–H and O–H groups in total. The zero-order valence-electron chi connectivity index (χ0n) is 3.59. The Bertz CT molecular complexity index is 131. The third kappa shape index (κ3) is 0.863. The lowest BCUT2D eigenvalue weighted by Gasteiger charge is -2.14. The minimum absolute atomic E-state index is 0.319. The summed E-state index contributed by atoms with van der Waals surface area (Å²) < 4.78 is 19.7. The summed E-state index contributed by atoms with van der Waals surface area (Å²) in [5.74, 6) is 0. The number of hydrogen-bond acceptors (Lipinski definition) is 3. The summed E-state index contributed by atoms with van der Waals surface area (Å²) in [6, 6.07) is 0. The Morgan fingerprint density at radius 3 is 2.43 bits per heavy atom. The molecule has 1 atom stereocenters. The van der Waals surface area contributed by atoms with E-state index in [4.69, 9.17) is 0 Å². The normalized spacial score (nSPS) is 22.7. The fourth-order valence-electron chi connectivity index (χ4n) is 0.339. The predicted octanol–water partition coefficient (Wildman–Crippen LogP) is -0.332. The van der Waals surface area contributed by atoms with Crippen LogP contribution in [0.25, 0.3) is 0 Å². The van der Waals surface area contributed by atoms with Crippen molar-refractivity contribution in [2.24, 2.45) is 4.99 Å². The van der Waals surface area contributed by atoms with Gasteiger partial charge in [0.1, 0.15) is 0 Å². The van der Waals surface area contributed by atoms with E-state index in [9.17, 15) is 8.76 Å². The molecule has 1 heterocycles. The maximum Gasteiger partial charge on any atom is 0.0865 e. The van der Waals surface area contributed by atoms with E-state index in [2.05, 4.69) is 4.99 Å². The van der Waals surface area contributed by atoms with Crippen molar-refractivity contribution in [2.75, 3.05) is 6.54 Å². The maximum atomic E-state index is 9.85. The van der Waals surface area contributed by atoms with Gasteiger partial charge in [0.05, 0.1) is 5.04 Å². The molecule has 7 heavy (non-hydrogen) atoms. The SMILES string of the molecule is O=S([O-])C1=NCC1. The largest absolute Gasteiger partial charge is 0.767 e. The van der Waals surface area contributed by atoms with Crippen LogP contribution in [0.4, 0.5) is 0 Å². The van der Waals surface area contributed by atoms with Crippen LogP contribution >= 0.6 is 0 Å². The van der Waals surface area contributed by atoms with E-state index in [0.717, 1.165) is 0 Å². The number of hydrogen-bond donors (Lipinski definition) is 0. The molecular weight excluding hydrogens is 114 g/mol.